The predicted octanol–water partition coefficient (Wildman–Crippen LogP) is 5.10. The van der Waals surface area contributed by atoms with Crippen molar-refractivity contribution in [2.24, 2.45) is 11.8 Å². The smallest absolute Gasteiger partial charge is 0.333 e. The maximum atomic E-state index is 14.2. The number of carbonyl (C=O) groups excluding carboxylic acids is 2. The van der Waals surface area contributed by atoms with E-state index in [0.29, 0.717) is 35.8 Å². The molecule has 9 heteroatoms. The van der Waals surface area contributed by atoms with Gasteiger partial charge >= 0.3 is 6.03 Å². The number of anilines is 1. The molecule has 4 unspecified atom stereocenters. The zero-order valence-corrected chi connectivity index (χ0v) is 23.6. The molecule has 6 rings (SSSR count). The number of nitrogens with zero attached hydrogens (tertiary/aromatic N) is 4. The van der Waals surface area contributed by atoms with Gasteiger partial charge in [-0.2, -0.15) is 0 Å². The van der Waals surface area contributed by atoms with Crippen molar-refractivity contribution in [2.75, 3.05) is 12.0 Å². The number of aromatic nitrogens is 2. The number of methoxy groups -OCH3 is 1. The van der Waals surface area contributed by atoms with Crippen molar-refractivity contribution >= 4 is 29.3 Å². The van der Waals surface area contributed by atoms with Crippen molar-refractivity contribution in [3.05, 3.63) is 46.6 Å². The molecule has 2 aliphatic carbocycles. The SMILES string of the molecule is COC(C)=CN(C(=O)NC=O)c1nc2ccccc2n(C2CC3CCCC(C2)N3C2CC3CCCC(C3)C2)c1=O. The van der Waals surface area contributed by atoms with Crippen LogP contribution in [0.25, 0.3) is 11.0 Å². The number of imide groups is 1. The lowest BCUT2D eigenvalue weighted by Crippen LogP contribution is -2.58. The van der Waals surface area contributed by atoms with Crippen molar-refractivity contribution in [3.63, 3.8) is 0 Å². The number of hydrogen-bond donors (Lipinski definition) is 1. The molecular formula is C31H41N5O4. The average Bonchev–Trinajstić information content (AvgIpc) is 2.95. The van der Waals surface area contributed by atoms with Crippen LogP contribution in [0.5, 0.6) is 0 Å². The van der Waals surface area contributed by atoms with Crippen LogP contribution in [0.2, 0.25) is 0 Å². The number of rotatable bonds is 6. The average molecular weight is 548 g/mol. The molecule has 3 heterocycles. The number of allylic oxidation sites excluding steroid dienone is 1. The molecular weight excluding hydrogens is 506 g/mol. The van der Waals surface area contributed by atoms with Gasteiger partial charge in [0, 0.05) is 24.2 Å². The normalized spacial score (nSPS) is 30.5. The van der Waals surface area contributed by atoms with Gasteiger partial charge in [0.1, 0.15) is 5.76 Å². The minimum absolute atomic E-state index is 0.0114. The topological polar surface area (TPSA) is 96.8 Å². The summed E-state index contributed by atoms with van der Waals surface area (Å²) in [7, 11) is 1.49. The van der Waals surface area contributed by atoms with Crippen molar-refractivity contribution in [1.82, 2.24) is 19.8 Å². The van der Waals surface area contributed by atoms with Gasteiger partial charge in [-0.25, -0.2) is 14.7 Å². The molecule has 3 amide bonds. The number of hydrogen-bond acceptors (Lipinski definition) is 6. The summed E-state index contributed by atoms with van der Waals surface area (Å²) < 4.78 is 7.14. The number of fused-ring (bicyclic) bond motifs is 5. The maximum absolute atomic E-state index is 14.2. The van der Waals surface area contributed by atoms with Crippen LogP contribution in [-0.2, 0) is 9.53 Å². The van der Waals surface area contributed by atoms with Gasteiger partial charge in [0.15, 0.2) is 0 Å². The molecule has 1 aromatic carbocycles. The quantitative estimate of drug-likeness (QED) is 0.399. The van der Waals surface area contributed by atoms with Gasteiger partial charge in [-0.05, 0) is 75.8 Å². The van der Waals surface area contributed by atoms with Gasteiger partial charge in [0.25, 0.3) is 5.56 Å². The molecule has 4 atom stereocenters. The lowest BCUT2D eigenvalue weighted by atomic mass is 9.68. The number of urea groups is 1. The molecule has 2 aliphatic heterocycles. The summed E-state index contributed by atoms with van der Waals surface area (Å²) in [5.41, 5.74) is 1.09. The molecule has 2 aromatic rings. The molecule has 9 nitrogen and oxygen atoms in total. The van der Waals surface area contributed by atoms with E-state index in [-0.39, 0.29) is 17.4 Å². The highest BCUT2D eigenvalue weighted by Gasteiger charge is 2.45. The molecule has 40 heavy (non-hydrogen) atoms. The van der Waals surface area contributed by atoms with E-state index in [1.54, 1.807) is 6.92 Å². The Balaban J connectivity index is 1.38. The summed E-state index contributed by atoms with van der Waals surface area (Å²) in [6.07, 6.45) is 15.4. The fraction of sp³-hybridized carbons (Fsp3) is 0.613. The zero-order chi connectivity index (χ0) is 27.8. The highest BCUT2D eigenvalue weighted by Crippen LogP contribution is 2.47. The molecule has 1 N–H and O–H groups in total. The Labute approximate surface area is 235 Å². The number of piperidine rings is 2. The second kappa shape index (κ2) is 11.4. The Kier molecular flexibility index (Phi) is 7.66. The van der Waals surface area contributed by atoms with E-state index in [1.165, 1.54) is 71.1 Å². The monoisotopic (exact) mass is 547 g/mol. The Morgan fingerprint density at radius 2 is 1.65 bits per heavy atom. The summed E-state index contributed by atoms with van der Waals surface area (Å²) in [6.45, 7) is 1.68. The van der Waals surface area contributed by atoms with Crippen molar-refractivity contribution in [2.45, 2.75) is 102 Å². The van der Waals surface area contributed by atoms with Crippen molar-refractivity contribution in [3.8, 4) is 0 Å². The first-order valence-electron chi connectivity index (χ1n) is 15.0. The summed E-state index contributed by atoms with van der Waals surface area (Å²) >= 11 is 0. The fourth-order valence-electron chi connectivity index (χ4n) is 8.37. The van der Waals surface area contributed by atoms with Gasteiger partial charge in [0.05, 0.1) is 24.3 Å². The summed E-state index contributed by atoms with van der Waals surface area (Å²) in [6, 6.07) is 8.50. The molecule has 4 fully saturated rings. The fourth-order valence-corrected chi connectivity index (χ4v) is 8.37. The van der Waals surface area contributed by atoms with Crippen LogP contribution in [0, 0.1) is 11.8 Å². The van der Waals surface area contributed by atoms with E-state index in [2.05, 4.69) is 15.2 Å². The summed E-state index contributed by atoms with van der Waals surface area (Å²) in [5.74, 6) is 2.14. The lowest BCUT2D eigenvalue weighted by Gasteiger charge is -2.55. The van der Waals surface area contributed by atoms with E-state index in [4.69, 9.17) is 4.74 Å². The summed E-state index contributed by atoms with van der Waals surface area (Å²) in [4.78, 5) is 46.9. The summed E-state index contributed by atoms with van der Waals surface area (Å²) in [5, 5.41) is 2.15. The number of ether oxygens (including phenoxy) is 1. The molecule has 0 radical (unpaired) electrons. The van der Waals surface area contributed by atoms with Crippen LogP contribution in [0.15, 0.2) is 41.0 Å². The first-order valence-corrected chi connectivity index (χ1v) is 15.0. The predicted molar refractivity (Wildman–Crippen MR) is 154 cm³/mol. The Bertz CT molecular complexity index is 1330. The highest BCUT2D eigenvalue weighted by atomic mass is 16.5. The van der Waals surface area contributed by atoms with Gasteiger partial charge in [0.2, 0.25) is 12.2 Å². The van der Waals surface area contributed by atoms with Crippen LogP contribution in [0.1, 0.15) is 83.6 Å². The molecule has 1 aromatic heterocycles. The molecule has 2 saturated heterocycles. The van der Waals surface area contributed by atoms with Gasteiger partial charge in [-0.3, -0.25) is 19.8 Å². The van der Waals surface area contributed by atoms with Crippen molar-refractivity contribution < 1.29 is 14.3 Å². The first-order chi connectivity index (χ1) is 19.5. The molecule has 4 aliphatic rings. The van der Waals surface area contributed by atoms with Crippen LogP contribution < -0.4 is 15.8 Å². The minimum atomic E-state index is -0.757. The van der Waals surface area contributed by atoms with Gasteiger partial charge < -0.3 is 9.30 Å². The second-order valence-electron chi connectivity index (χ2n) is 12.3. The van der Waals surface area contributed by atoms with Gasteiger partial charge in [-0.15, -0.1) is 0 Å². The first kappa shape index (κ1) is 27.0. The molecule has 0 spiro atoms. The third-order valence-electron chi connectivity index (χ3n) is 9.94. The Morgan fingerprint density at radius 3 is 2.33 bits per heavy atom. The largest absolute Gasteiger partial charge is 0.500 e. The molecule has 4 bridgehead atoms. The van der Waals surface area contributed by atoms with Gasteiger partial charge in [-0.1, -0.05) is 37.8 Å². The Hall–Kier alpha value is -3.20. The lowest BCUT2D eigenvalue weighted by molar-refractivity contribution is -0.108. The standard InChI is InChI=1S/C31H41N5O4/c1-20(40-2)18-34(31(39)32-19-37)29-30(38)36(28-12-4-3-11-27(28)33-29)26-16-23-9-6-10-24(17-26)35(23)25-14-21-7-5-8-22(13-21)15-25/h3-4,11-12,18-19,21-26H,5-10,13-17H2,1-2H3,(H,32,37,39). The third-order valence-corrected chi connectivity index (χ3v) is 9.94. The Morgan fingerprint density at radius 1 is 0.975 bits per heavy atom. The van der Waals surface area contributed by atoms with E-state index in [0.717, 1.165) is 35.1 Å². The van der Waals surface area contributed by atoms with E-state index in [1.807, 2.05) is 28.8 Å². The number of benzene rings is 1. The van der Waals surface area contributed by atoms with Crippen LogP contribution in [0.3, 0.4) is 0 Å². The van der Waals surface area contributed by atoms with Crippen LogP contribution >= 0.6 is 0 Å². The minimum Gasteiger partial charge on any atom is -0.500 e. The maximum Gasteiger partial charge on any atom is 0.333 e. The molecule has 214 valence electrons. The van der Waals surface area contributed by atoms with Crippen LogP contribution in [0.4, 0.5) is 10.6 Å². The highest BCUT2D eigenvalue weighted by molar-refractivity contribution is 5.98. The van der Waals surface area contributed by atoms with Crippen LogP contribution in [-0.4, -0.2) is 52.1 Å². The molecule has 2 saturated carbocycles. The third kappa shape index (κ3) is 5.04. The van der Waals surface area contributed by atoms with Crippen molar-refractivity contribution in [1.29, 1.82) is 0 Å². The number of para-hydroxylation sites is 2. The van der Waals surface area contributed by atoms with E-state index < -0.39 is 6.03 Å². The number of amides is 3. The van der Waals surface area contributed by atoms with E-state index >= 15 is 0 Å². The number of carbonyl (C=O) groups is 2. The number of nitrogens with one attached hydrogen (secondary N) is 1. The second-order valence-corrected chi connectivity index (χ2v) is 12.3. The zero-order valence-electron chi connectivity index (χ0n) is 23.6. The van der Waals surface area contributed by atoms with E-state index in [9.17, 15) is 14.4 Å².